The van der Waals surface area contributed by atoms with Crippen LogP contribution in [0, 0.1) is 0 Å². The Morgan fingerprint density at radius 2 is 1.94 bits per heavy atom. The molecule has 0 saturated carbocycles. The van der Waals surface area contributed by atoms with Crippen molar-refractivity contribution in [2.45, 2.75) is 37.4 Å². The summed E-state index contributed by atoms with van der Waals surface area (Å²) in [6.07, 6.45) is 0. The number of hydrogen-bond donors (Lipinski definition) is 1. The van der Waals surface area contributed by atoms with Crippen LogP contribution in [0.1, 0.15) is 31.7 Å². The molecule has 1 aromatic rings. The van der Waals surface area contributed by atoms with Gasteiger partial charge in [0.1, 0.15) is 5.01 Å². The zero-order chi connectivity index (χ0) is 13.9. The maximum atomic E-state index is 12.1. The fraction of sp³-hybridized carbons (Fsp3) is 0.667. The minimum atomic E-state index is -4.43. The summed E-state index contributed by atoms with van der Waals surface area (Å²) in [6.45, 7) is 5.01. The van der Waals surface area contributed by atoms with Crippen LogP contribution in [0.5, 0.6) is 0 Å². The van der Waals surface area contributed by atoms with Gasteiger partial charge in [0.2, 0.25) is 11.0 Å². The molecule has 0 unspecified atom stereocenters. The van der Waals surface area contributed by atoms with Crippen molar-refractivity contribution in [2.24, 2.45) is 0 Å². The Balaban J connectivity index is 2.58. The normalized spacial score (nSPS) is 13.7. The lowest BCUT2D eigenvalue weighted by molar-refractivity contribution is -0.115. The molecular formula is C9H12F3N3OS2. The molecule has 1 aromatic heterocycles. The molecule has 0 aliphatic heterocycles. The molecule has 1 rings (SSSR count). The van der Waals surface area contributed by atoms with E-state index in [1.165, 1.54) is 6.92 Å². The molecule has 1 heterocycles. The van der Waals surface area contributed by atoms with Crippen LogP contribution in [0.3, 0.4) is 0 Å². The molecular weight excluding hydrogens is 287 g/mol. The average Bonchev–Trinajstić information content (AvgIpc) is 2.63. The molecule has 0 fully saturated rings. The SMILES string of the molecule is CC(C)c1nnc(NC(=O)[C@@H](C)SC(F)(F)F)s1. The summed E-state index contributed by atoms with van der Waals surface area (Å²) in [4.78, 5) is 11.5. The molecule has 0 aliphatic carbocycles. The third kappa shape index (κ3) is 4.81. The van der Waals surface area contributed by atoms with E-state index in [-0.39, 0.29) is 22.8 Å². The Bertz CT molecular complexity index is 419. The number of carbonyl (C=O) groups excluding carboxylic acids is 1. The number of rotatable bonds is 4. The zero-order valence-electron chi connectivity index (χ0n) is 9.91. The first kappa shape index (κ1) is 15.2. The molecule has 0 aliphatic rings. The average molecular weight is 299 g/mol. The highest BCUT2D eigenvalue weighted by molar-refractivity contribution is 8.01. The molecule has 102 valence electrons. The second-order valence-electron chi connectivity index (χ2n) is 3.80. The van der Waals surface area contributed by atoms with Crippen molar-refractivity contribution < 1.29 is 18.0 Å². The Morgan fingerprint density at radius 3 is 2.39 bits per heavy atom. The van der Waals surface area contributed by atoms with Crippen molar-refractivity contribution in [1.82, 2.24) is 10.2 Å². The van der Waals surface area contributed by atoms with Gasteiger partial charge in [-0.05, 0) is 18.7 Å². The van der Waals surface area contributed by atoms with E-state index >= 15 is 0 Å². The molecule has 0 bridgehead atoms. The molecule has 0 aromatic carbocycles. The van der Waals surface area contributed by atoms with Crippen LogP contribution in [-0.2, 0) is 4.79 Å². The number of amides is 1. The number of nitrogens with zero attached hydrogens (tertiary/aromatic N) is 2. The number of aromatic nitrogens is 2. The molecule has 1 N–H and O–H groups in total. The van der Waals surface area contributed by atoms with Gasteiger partial charge in [0.05, 0.1) is 5.25 Å². The van der Waals surface area contributed by atoms with E-state index < -0.39 is 16.7 Å². The van der Waals surface area contributed by atoms with Gasteiger partial charge in [-0.1, -0.05) is 25.2 Å². The van der Waals surface area contributed by atoms with Crippen LogP contribution >= 0.6 is 23.1 Å². The number of thioether (sulfide) groups is 1. The first-order valence-corrected chi connectivity index (χ1v) is 6.77. The first-order valence-electron chi connectivity index (χ1n) is 5.08. The molecule has 18 heavy (non-hydrogen) atoms. The van der Waals surface area contributed by atoms with E-state index in [4.69, 9.17) is 0 Å². The Morgan fingerprint density at radius 1 is 1.33 bits per heavy atom. The number of alkyl halides is 3. The van der Waals surface area contributed by atoms with E-state index in [0.717, 1.165) is 16.3 Å². The summed E-state index contributed by atoms with van der Waals surface area (Å²) in [5.74, 6) is -0.570. The fourth-order valence-electron chi connectivity index (χ4n) is 0.979. The molecule has 1 atom stereocenters. The van der Waals surface area contributed by atoms with Gasteiger partial charge in [-0.3, -0.25) is 10.1 Å². The van der Waals surface area contributed by atoms with Gasteiger partial charge in [-0.2, -0.15) is 13.2 Å². The molecule has 0 saturated heterocycles. The van der Waals surface area contributed by atoms with Gasteiger partial charge in [0, 0.05) is 5.92 Å². The standard InChI is InChI=1S/C9H12F3N3OS2/c1-4(2)7-14-15-8(17-7)13-6(16)5(3)18-9(10,11)12/h4-5H,1-3H3,(H,13,15,16)/t5-/m1/s1. The van der Waals surface area contributed by atoms with E-state index in [0.29, 0.717) is 0 Å². The lowest BCUT2D eigenvalue weighted by Crippen LogP contribution is -2.25. The second kappa shape index (κ2) is 5.87. The number of nitrogens with one attached hydrogen (secondary N) is 1. The predicted molar refractivity (Wildman–Crippen MR) is 65.7 cm³/mol. The summed E-state index contributed by atoms with van der Waals surface area (Å²) >= 11 is 0.802. The Labute approximate surface area is 110 Å². The van der Waals surface area contributed by atoms with E-state index in [1.54, 1.807) is 0 Å². The van der Waals surface area contributed by atoms with Crippen molar-refractivity contribution >= 4 is 34.1 Å². The quantitative estimate of drug-likeness (QED) is 0.927. The summed E-state index contributed by atoms with van der Waals surface area (Å²) < 4.78 is 36.2. The minimum Gasteiger partial charge on any atom is -0.300 e. The second-order valence-corrected chi connectivity index (χ2v) is 6.21. The molecule has 0 radical (unpaired) electrons. The van der Waals surface area contributed by atoms with Crippen LogP contribution in [0.15, 0.2) is 0 Å². The first-order chi connectivity index (χ1) is 8.19. The predicted octanol–water partition coefficient (Wildman–Crippen LogP) is 3.24. The van der Waals surface area contributed by atoms with Crippen LogP contribution in [0.4, 0.5) is 18.3 Å². The monoisotopic (exact) mass is 299 g/mol. The van der Waals surface area contributed by atoms with Crippen LogP contribution in [0.2, 0.25) is 0 Å². The van der Waals surface area contributed by atoms with E-state index in [2.05, 4.69) is 15.5 Å². The smallest absolute Gasteiger partial charge is 0.300 e. The lowest BCUT2D eigenvalue weighted by atomic mass is 10.2. The number of hydrogen-bond acceptors (Lipinski definition) is 5. The lowest BCUT2D eigenvalue weighted by Gasteiger charge is -2.11. The summed E-state index contributed by atoms with van der Waals surface area (Å²) in [7, 11) is 0. The Hall–Kier alpha value is -0.830. The van der Waals surface area contributed by atoms with E-state index in [1.807, 2.05) is 13.8 Å². The van der Waals surface area contributed by atoms with Gasteiger partial charge >= 0.3 is 5.51 Å². The number of halogens is 3. The Kier molecular flexibility index (Phi) is 4.97. The van der Waals surface area contributed by atoms with Crippen molar-refractivity contribution in [3.05, 3.63) is 5.01 Å². The van der Waals surface area contributed by atoms with Gasteiger partial charge in [0.15, 0.2) is 0 Å². The minimum absolute atomic E-state index is 0.162. The highest BCUT2D eigenvalue weighted by Crippen LogP contribution is 2.34. The van der Waals surface area contributed by atoms with Gasteiger partial charge < -0.3 is 0 Å². The highest BCUT2D eigenvalue weighted by atomic mass is 32.2. The summed E-state index contributed by atoms with van der Waals surface area (Å²) in [5.41, 5.74) is -4.43. The third-order valence-corrected chi connectivity index (χ3v) is 3.82. The van der Waals surface area contributed by atoms with Crippen LogP contribution in [0.25, 0.3) is 0 Å². The maximum absolute atomic E-state index is 12.1. The van der Waals surface area contributed by atoms with Gasteiger partial charge in [-0.25, -0.2) is 0 Å². The third-order valence-electron chi connectivity index (χ3n) is 1.84. The highest BCUT2D eigenvalue weighted by Gasteiger charge is 2.34. The van der Waals surface area contributed by atoms with E-state index in [9.17, 15) is 18.0 Å². The largest absolute Gasteiger partial charge is 0.442 e. The van der Waals surface area contributed by atoms with Crippen LogP contribution < -0.4 is 5.32 Å². The summed E-state index contributed by atoms with van der Waals surface area (Å²) in [6, 6.07) is 0. The zero-order valence-corrected chi connectivity index (χ0v) is 11.5. The van der Waals surface area contributed by atoms with Gasteiger partial charge in [-0.15, -0.1) is 10.2 Å². The van der Waals surface area contributed by atoms with Crippen molar-refractivity contribution in [2.75, 3.05) is 5.32 Å². The number of carbonyl (C=O) groups is 1. The fourth-order valence-corrected chi connectivity index (χ4v) is 2.29. The summed E-state index contributed by atoms with van der Waals surface area (Å²) in [5, 5.41) is 9.57. The number of anilines is 1. The van der Waals surface area contributed by atoms with Crippen molar-refractivity contribution in [3.8, 4) is 0 Å². The van der Waals surface area contributed by atoms with Crippen molar-refractivity contribution in [1.29, 1.82) is 0 Å². The molecule has 4 nitrogen and oxygen atoms in total. The van der Waals surface area contributed by atoms with Gasteiger partial charge in [0.25, 0.3) is 0 Å². The molecule has 1 amide bonds. The van der Waals surface area contributed by atoms with Crippen molar-refractivity contribution in [3.63, 3.8) is 0 Å². The van der Waals surface area contributed by atoms with Crippen LogP contribution in [-0.4, -0.2) is 26.9 Å². The molecule has 9 heteroatoms. The molecule has 0 spiro atoms. The topological polar surface area (TPSA) is 54.9 Å². The maximum Gasteiger partial charge on any atom is 0.442 e.